The van der Waals surface area contributed by atoms with Crippen molar-refractivity contribution in [1.82, 2.24) is 4.57 Å². The zero-order chi connectivity index (χ0) is 13.3. The van der Waals surface area contributed by atoms with Gasteiger partial charge in [0.05, 0.1) is 13.6 Å². The summed E-state index contributed by atoms with van der Waals surface area (Å²) in [5.41, 5.74) is -5.27. The molecule has 0 aromatic carbocycles. The van der Waals surface area contributed by atoms with Crippen LogP contribution in [-0.4, -0.2) is 18.5 Å². The Bertz CT molecular complexity index is 491. The predicted octanol–water partition coefficient (Wildman–Crippen LogP) is 1.41. The lowest BCUT2D eigenvalue weighted by molar-refractivity contribution is -0.710. The SMILES string of the molecule is CCCCn1cc[n+](C)c1S(=O)(=O)C(F)(F)F. The largest absolute Gasteiger partial charge is 0.509 e. The summed E-state index contributed by atoms with van der Waals surface area (Å²) in [6.07, 6.45) is 4.03. The van der Waals surface area contributed by atoms with E-state index in [1.54, 1.807) is 0 Å². The number of halogens is 3. The van der Waals surface area contributed by atoms with Crippen LogP contribution in [0.4, 0.5) is 13.2 Å². The predicted molar refractivity (Wildman–Crippen MR) is 53.8 cm³/mol. The minimum Gasteiger partial charge on any atom is -0.223 e. The van der Waals surface area contributed by atoms with E-state index in [0.29, 0.717) is 6.42 Å². The molecule has 1 heterocycles. The first kappa shape index (κ1) is 14.0. The number of aromatic nitrogens is 2. The molecule has 98 valence electrons. The Morgan fingerprint density at radius 2 is 2.00 bits per heavy atom. The van der Waals surface area contributed by atoms with Crippen LogP contribution in [0.15, 0.2) is 17.6 Å². The van der Waals surface area contributed by atoms with E-state index in [4.69, 9.17) is 0 Å². The number of sulfone groups is 1. The van der Waals surface area contributed by atoms with Crippen LogP contribution in [0.25, 0.3) is 0 Å². The second kappa shape index (κ2) is 4.67. The van der Waals surface area contributed by atoms with Crippen LogP contribution in [0.3, 0.4) is 0 Å². The average molecular weight is 271 g/mol. The Balaban J connectivity index is 3.26. The lowest BCUT2D eigenvalue weighted by atomic mass is 10.3. The summed E-state index contributed by atoms with van der Waals surface area (Å²) in [5.74, 6) is 0. The molecule has 0 saturated carbocycles. The Labute approximate surface area is 97.6 Å². The van der Waals surface area contributed by atoms with Crippen molar-refractivity contribution in [2.24, 2.45) is 7.05 Å². The quantitative estimate of drug-likeness (QED) is 0.777. The molecule has 0 fully saturated rings. The number of aryl methyl sites for hydroxylation is 2. The van der Waals surface area contributed by atoms with Gasteiger partial charge in [0.15, 0.2) is 0 Å². The zero-order valence-electron chi connectivity index (χ0n) is 9.53. The van der Waals surface area contributed by atoms with Crippen molar-refractivity contribution in [3.63, 3.8) is 0 Å². The number of hydrogen-bond donors (Lipinski definition) is 0. The minimum absolute atomic E-state index is 0.252. The van der Waals surface area contributed by atoms with Crippen molar-refractivity contribution in [2.45, 2.75) is 37.0 Å². The van der Waals surface area contributed by atoms with Crippen LogP contribution in [-0.2, 0) is 23.4 Å². The summed E-state index contributed by atoms with van der Waals surface area (Å²) in [5, 5.41) is -0.724. The lowest BCUT2D eigenvalue weighted by Gasteiger charge is -2.06. The summed E-state index contributed by atoms with van der Waals surface area (Å²) in [7, 11) is -4.02. The van der Waals surface area contributed by atoms with Crippen molar-refractivity contribution in [2.75, 3.05) is 0 Å². The number of alkyl halides is 3. The van der Waals surface area contributed by atoms with Gasteiger partial charge >= 0.3 is 20.5 Å². The molecule has 0 aliphatic carbocycles. The zero-order valence-corrected chi connectivity index (χ0v) is 10.3. The van der Waals surface area contributed by atoms with Gasteiger partial charge in [0.1, 0.15) is 12.4 Å². The molecule has 0 atom stereocenters. The molecule has 0 N–H and O–H groups in total. The molecule has 0 saturated heterocycles. The molecule has 17 heavy (non-hydrogen) atoms. The van der Waals surface area contributed by atoms with E-state index in [-0.39, 0.29) is 6.54 Å². The van der Waals surface area contributed by atoms with Crippen LogP contribution >= 0.6 is 0 Å². The molecule has 0 aliphatic heterocycles. The van der Waals surface area contributed by atoms with Crippen molar-refractivity contribution in [1.29, 1.82) is 0 Å². The molecule has 8 heteroatoms. The smallest absolute Gasteiger partial charge is 0.223 e. The monoisotopic (exact) mass is 271 g/mol. The molecular formula is C9H14F3N2O2S+. The average Bonchev–Trinajstić information content (AvgIpc) is 2.55. The van der Waals surface area contributed by atoms with Gasteiger partial charge in [0, 0.05) is 0 Å². The lowest BCUT2D eigenvalue weighted by Crippen LogP contribution is -2.39. The summed E-state index contributed by atoms with van der Waals surface area (Å²) in [6, 6.07) is 0. The highest BCUT2D eigenvalue weighted by molar-refractivity contribution is 7.92. The number of imidazole rings is 1. The third-order valence-electron chi connectivity index (χ3n) is 2.32. The topological polar surface area (TPSA) is 43.0 Å². The van der Waals surface area contributed by atoms with Crippen LogP contribution < -0.4 is 4.57 Å². The first-order valence-corrected chi connectivity index (χ1v) is 6.56. The molecule has 4 nitrogen and oxygen atoms in total. The molecule has 1 aromatic heterocycles. The van der Waals surface area contributed by atoms with Crippen molar-refractivity contribution in [3.8, 4) is 0 Å². The van der Waals surface area contributed by atoms with E-state index in [1.807, 2.05) is 6.92 Å². The Morgan fingerprint density at radius 3 is 2.47 bits per heavy atom. The molecule has 0 amide bonds. The fourth-order valence-electron chi connectivity index (χ4n) is 1.46. The molecule has 0 spiro atoms. The van der Waals surface area contributed by atoms with E-state index >= 15 is 0 Å². The standard InChI is InChI=1S/C9H14F3N2O2S/c1-3-4-5-14-7-6-13(2)8(14)17(15,16)9(10,11)12/h6-7H,3-5H2,1-2H3/q+1. The maximum atomic E-state index is 12.5. The Hall–Kier alpha value is -1.05. The third kappa shape index (κ3) is 2.62. The van der Waals surface area contributed by atoms with E-state index in [0.717, 1.165) is 15.6 Å². The maximum Gasteiger partial charge on any atom is 0.509 e. The van der Waals surface area contributed by atoms with Gasteiger partial charge in [-0.15, -0.1) is 0 Å². The van der Waals surface area contributed by atoms with Gasteiger partial charge in [0.2, 0.25) is 0 Å². The van der Waals surface area contributed by atoms with Gasteiger partial charge in [-0.2, -0.15) is 13.2 Å². The Morgan fingerprint density at radius 1 is 1.41 bits per heavy atom. The number of hydrogen-bond acceptors (Lipinski definition) is 2. The van der Waals surface area contributed by atoms with Gasteiger partial charge in [-0.05, 0) is 6.42 Å². The summed E-state index contributed by atoms with van der Waals surface area (Å²) < 4.78 is 62.2. The van der Waals surface area contributed by atoms with Crippen LogP contribution in [0.1, 0.15) is 19.8 Å². The second-order valence-corrected chi connectivity index (χ2v) is 5.52. The molecule has 1 rings (SSSR count). The van der Waals surface area contributed by atoms with Crippen molar-refractivity contribution < 1.29 is 26.2 Å². The van der Waals surface area contributed by atoms with Crippen molar-refractivity contribution >= 4 is 9.84 Å². The van der Waals surface area contributed by atoms with Gasteiger partial charge in [-0.25, -0.2) is 17.6 Å². The number of nitrogens with zero attached hydrogens (tertiary/aromatic N) is 2. The molecule has 0 radical (unpaired) electrons. The first-order chi connectivity index (χ1) is 7.71. The number of rotatable bonds is 4. The minimum atomic E-state index is -5.30. The van der Waals surface area contributed by atoms with Gasteiger partial charge < -0.3 is 0 Å². The summed E-state index contributed by atoms with van der Waals surface area (Å²) in [4.78, 5) is 0. The number of unbranched alkanes of at least 4 members (excludes halogenated alkanes) is 1. The molecule has 1 aromatic rings. The van der Waals surface area contributed by atoms with Crippen LogP contribution in [0.5, 0.6) is 0 Å². The molecule has 0 bridgehead atoms. The second-order valence-electron chi connectivity index (χ2n) is 3.69. The van der Waals surface area contributed by atoms with Gasteiger partial charge in [-0.3, -0.25) is 0 Å². The van der Waals surface area contributed by atoms with Crippen LogP contribution in [0.2, 0.25) is 0 Å². The third-order valence-corrected chi connectivity index (χ3v) is 3.93. The Kier molecular flexibility index (Phi) is 3.85. The highest BCUT2D eigenvalue weighted by Crippen LogP contribution is 2.28. The van der Waals surface area contributed by atoms with E-state index < -0.39 is 20.5 Å². The summed E-state index contributed by atoms with van der Waals surface area (Å²) in [6.45, 7) is 2.13. The van der Waals surface area contributed by atoms with E-state index in [9.17, 15) is 21.6 Å². The van der Waals surface area contributed by atoms with E-state index in [1.165, 1.54) is 19.4 Å². The van der Waals surface area contributed by atoms with Gasteiger partial charge in [0.25, 0.3) is 0 Å². The summed E-state index contributed by atoms with van der Waals surface area (Å²) >= 11 is 0. The van der Waals surface area contributed by atoms with E-state index in [2.05, 4.69) is 0 Å². The highest BCUT2D eigenvalue weighted by Gasteiger charge is 2.53. The first-order valence-electron chi connectivity index (χ1n) is 5.08. The fraction of sp³-hybridized carbons (Fsp3) is 0.667. The van der Waals surface area contributed by atoms with Gasteiger partial charge in [-0.1, -0.05) is 13.3 Å². The van der Waals surface area contributed by atoms with Crippen LogP contribution in [0, 0.1) is 0 Å². The van der Waals surface area contributed by atoms with Crippen molar-refractivity contribution in [3.05, 3.63) is 12.4 Å². The molecular weight excluding hydrogens is 257 g/mol. The normalized spacial score (nSPS) is 13.0. The molecule has 0 aliphatic rings. The fourth-order valence-corrected chi connectivity index (χ4v) is 2.56. The maximum absolute atomic E-state index is 12.5. The highest BCUT2D eigenvalue weighted by atomic mass is 32.2. The molecule has 0 unspecified atom stereocenters.